The molecule has 2 amide bonds. The van der Waals surface area contributed by atoms with Crippen LogP contribution in [0.3, 0.4) is 0 Å². The summed E-state index contributed by atoms with van der Waals surface area (Å²) in [7, 11) is 0. The van der Waals surface area contributed by atoms with Crippen LogP contribution in [0.4, 0.5) is 5.69 Å². The van der Waals surface area contributed by atoms with Crippen LogP contribution in [0, 0.1) is 3.57 Å². The first kappa shape index (κ1) is 18.4. The number of nitrogens with zero attached hydrogens (tertiary/aromatic N) is 1. The van der Waals surface area contributed by atoms with Gasteiger partial charge in [0.1, 0.15) is 0 Å². The molecule has 0 aliphatic heterocycles. The zero-order chi connectivity index (χ0) is 17.5. The number of nitrogens with one attached hydrogen (secondary N) is 1. The molecule has 0 heterocycles. The van der Waals surface area contributed by atoms with Crippen molar-refractivity contribution in [2.24, 2.45) is 0 Å². The highest BCUT2D eigenvalue weighted by molar-refractivity contribution is 14.1. The van der Waals surface area contributed by atoms with Crippen molar-refractivity contribution in [3.8, 4) is 0 Å². The Kier molecular flexibility index (Phi) is 6.74. The maximum atomic E-state index is 12.3. The highest BCUT2D eigenvalue weighted by Gasteiger charge is 2.14. The van der Waals surface area contributed by atoms with Crippen molar-refractivity contribution in [3.05, 3.63) is 63.2 Å². The van der Waals surface area contributed by atoms with Gasteiger partial charge in [0.25, 0.3) is 11.8 Å². The van der Waals surface area contributed by atoms with Crippen LogP contribution in [-0.4, -0.2) is 41.5 Å². The highest BCUT2D eigenvalue weighted by atomic mass is 127. The third-order valence-electron chi connectivity index (χ3n) is 3.55. The van der Waals surface area contributed by atoms with Gasteiger partial charge in [0.15, 0.2) is 0 Å². The number of hydrogen-bond donors (Lipinski definition) is 2. The summed E-state index contributed by atoms with van der Waals surface area (Å²) in [6.45, 7) is 2.64. The highest BCUT2D eigenvalue weighted by Crippen LogP contribution is 2.16. The second kappa shape index (κ2) is 8.79. The van der Waals surface area contributed by atoms with Crippen LogP contribution < -0.4 is 5.32 Å². The summed E-state index contributed by atoms with van der Waals surface area (Å²) in [5.74, 6) is -0.323. The topological polar surface area (TPSA) is 69.6 Å². The SMILES string of the molecule is CCN(CCO)C(=O)c1ccc(NC(=O)c2ccccc2I)cc1. The molecule has 0 aromatic heterocycles. The van der Waals surface area contributed by atoms with Gasteiger partial charge in [0.2, 0.25) is 0 Å². The number of rotatable bonds is 6. The smallest absolute Gasteiger partial charge is 0.256 e. The molecule has 126 valence electrons. The Labute approximate surface area is 154 Å². The molecule has 2 N–H and O–H groups in total. The zero-order valence-corrected chi connectivity index (χ0v) is 15.5. The fourth-order valence-corrected chi connectivity index (χ4v) is 2.88. The van der Waals surface area contributed by atoms with Gasteiger partial charge < -0.3 is 15.3 Å². The van der Waals surface area contributed by atoms with Crippen molar-refractivity contribution < 1.29 is 14.7 Å². The average molecular weight is 438 g/mol. The van der Waals surface area contributed by atoms with Crippen LogP contribution in [0.15, 0.2) is 48.5 Å². The van der Waals surface area contributed by atoms with Crippen molar-refractivity contribution in [2.75, 3.05) is 25.0 Å². The Balaban J connectivity index is 2.08. The van der Waals surface area contributed by atoms with Crippen molar-refractivity contribution >= 4 is 40.1 Å². The molecule has 0 aliphatic rings. The van der Waals surface area contributed by atoms with Crippen molar-refractivity contribution in [1.29, 1.82) is 0 Å². The minimum Gasteiger partial charge on any atom is -0.395 e. The van der Waals surface area contributed by atoms with Crippen LogP contribution in [0.5, 0.6) is 0 Å². The molecule has 2 aromatic carbocycles. The molecule has 0 saturated heterocycles. The molecule has 5 nitrogen and oxygen atoms in total. The summed E-state index contributed by atoms with van der Waals surface area (Å²) in [5.41, 5.74) is 1.76. The Hall–Kier alpha value is -1.93. The van der Waals surface area contributed by atoms with Crippen LogP contribution in [-0.2, 0) is 0 Å². The minimum absolute atomic E-state index is 0.0660. The van der Waals surface area contributed by atoms with Gasteiger partial charge >= 0.3 is 0 Å². The van der Waals surface area contributed by atoms with E-state index in [1.165, 1.54) is 0 Å². The van der Waals surface area contributed by atoms with Crippen LogP contribution in [0.1, 0.15) is 27.6 Å². The lowest BCUT2D eigenvalue weighted by Gasteiger charge is -2.19. The molecule has 0 bridgehead atoms. The zero-order valence-electron chi connectivity index (χ0n) is 13.3. The van der Waals surface area contributed by atoms with Crippen LogP contribution in [0.25, 0.3) is 0 Å². The maximum Gasteiger partial charge on any atom is 0.256 e. The van der Waals surface area contributed by atoms with E-state index in [-0.39, 0.29) is 18.4 Å². The third-order valence-corrected chi connectivity index (χ3v) is 4.49. The standard InChI is InChI=1S/C18H19IN2O3/c1-2-21(11-12-22)18(24)13-7-9-14(10-8-13)20-17(23)15-5-3-4-6-16(15)19/h3-10,22H,2,11-12H2,1H3,(H,20,23). The van der Waals surface area contributed by atoms with E-state index in [4.69, 9.17) is 5.11 Å². The fraction of sp³-hybridized carbons (Fsp3) is 0.222. The number of anilines is 1. The van der Waals surface area contributed by atoms with E-state index >= 15 is 0 Å². The first-order valence-electron chi connectivity index (χ1n) is 7.63. The number of aliphatic hydroxyl groups is 1. The third kappa shape index (κ3) is 4.55. The molecule has 24 heavy (non-hydrogen) atoms. The lowest BCUT2D eigenvalue weighted by atomic mass is 10.1. The summed E-state index contributed by atoms with van der Waals surface area (Å²) in [5, 5.41) is 11.8. The average Bonchev–Trinajstić information content (AvgIpc) is 2.60. The van der Waals surface area contributed by atoms with Gasteiger partial charge in [-0.3, -0.25) is 9.59 Å². The van der Waals surface area contributed by atoms with Gasteiger partial charge in [0, 0.05) is 27.9 Å². The van der Waals surface area contributed by atoms with Gasteiger partial charge in [-0.2, -0.15) is 0 Å². The van der Waals surface area contributed by atoms with E-state index in [9.17, 15) is 9.59 Å². The number of carbonyl (C=O) groups is 2. The molecule has 2 rings (SSSR count). The molecular formula is C18H19IN2O3. The van der Waals surface area contributed by atoms with E-state index < -0.39 is 0 Å². The number of amides is 2. The monoisotopic (exact) mass is 438 g/mol. The Morgan fingerprint density at radius 1 is 1.12 bits per heavy atom. The number of aliphatic hydroxyl groups excluding tert-OH is 1. The second-order valence-electron chi connectivity index (χ2n) is 5.12. The summed E-state index contributed by atoms with van der Waals surface area (Å²) in [4.78, 5) is 26.1. The largest absolute Gasteiger partial charge is 0.395 e. The number of hydrogen-bond acceptors (Lipinski definition) is 3. The molecule has 0 saturated carbocycles. The molecule has 0 spiro atoms. The quantitative estimate of drug-likeness (QED) is 0.682. The summed E-state index contributed by atoms with van der Waals surface area (Å²) in [6.07, 6.45) is 0. The number of likely N-dealkylation sites (N-methyl/N-ethyl adjacent to an activating group) is 1. The number of benzene rings is 2. The first-order chi connectivity index (χ1) is 11.6. The van der Waals surface area contributed by atoms with Gasteiger partial charge in [-0.15, -0.1) is 0 Å². The Bertz CT molecular complexity index is 716. The molecule has 0 fully saturated rings. The molecule has 0 radical (unpaired) electrons. The van der Waals surface area contributed by atoms with E-state index in [0.717, 1.165) is 3.57 Å². The lowest BCUT2D eigenvalue weighted by Crippen LogP contribution is -2.33. The summed E-state index contributed by atoms with van der Waals surface area (Å²) in [6, 6.07) is 14.1. The van der Waals surface area contributed by atoms with E-state index in [2.05, 4.69) is 27.9 Å². The minimum atomic E-state index is -0.186. The van der Waals surface area contributed by atoms with Crippen LogP contribution >= 0.6 is 22.6 Å². The van der Waals surface area contributed by atoms with E-state index in [0.29, 0.717) is 29.9 Å². The summed E-state index contributed by atoms with van der Waals surface area (Å²) < 4.78 is 0.877. The predicted molar refractivity (Wildman–Crippen MR) is 102 cm³/mol. The van der Waals surface area contributed by atoms with Gasteiger partial charge in [-0.1, -0.05) is 12.1 Å². The molecule has 2 aromatic rings. The molecule has 0 aliphatic carbocycles. The van der Waals surface area contributed by atoms with Gasteiger partial charge in [-0.05, 0) is 65.9 Å². The fourth-order valence-electron chi connectivity index (χ4n) is 2.25. The van der Waals surface area contributed by atoms with Crippen molar-refractivity contribution in [2.45, 2.75) is 6.92 Å². The number of carbonyl (C=O) groups excluding carboxylic acids is 2. The van der Waals surface area contributed by atoms with Crippen molar-refractivity contribution in [3.63, 3.8) is 0 Å². The van der Waals surface area contributed by atoms with Crippen molar-refractivity contribution in [1.82, 2.24) is 4.90 Å². The van der Waals surface area contributed by atoms with Gasteiger partial charge in [-0.25, -0.2) is 0 Å². The molecular weight excluding hydrogens is 419 g/mol. The van der Waals surface area contributed by atoms with E-state index in [1.54, 1.807) is 35.2 Å². The first-order valence-corrected chi connectivity index (χ1v) is 8.70. The Morgan fingerprint density at radius 2 is 1.79 bits per heavy atom. The second-order valence-corrected chi connectivity index (χ2v) is 6.28. The lowest BCUT2D eigenvalue weighted by molar-refractivity contribution is 0.0732. The molecule has 0 atom stereocenters. The van der Waals surface area contributed by atoms with Crippen LogP contribution in [0.2, 0.25) is 0 Å². The normalized spacial score (nSPS) is 10.3. The Morgan fingerprint density at radius 3 is 2.38 bits per heavy atom. The van der Waals surface area contributed by atoms with E-state index in [1.807, 2.05) is 25.1 Å². The number of halogens is 1. The predicted octanol–water partition coefficient (Wildman–Crippen LogP) is 3.00. The molecule has 0 unspecified atom stereocenters. The maximum absolute atomic E-state index is 12.3. The van der Waals surface area contributed by atoms with Gasteiger partial charge in [0.05, 0.1) is 12.2 Å². The molecule has 6 heteroatoms. The summed E-state index contributed by atoms with van der Waals surface area (Å²) >= 11 is 2.12.